The van der Waals surface area contributed by atoms with E-state index in [9.17, 15) is 14.9 Å². The molecule has 0 amide bonds. The van der Waals surface area contributed by atoms with Gasteiger partial charge in [-0.1, -0.05) is 25.0 Å². The van der Waals surface area contributed by atoms with Crippen LogP contribution in [0.2, 0.25) is 0 Å². The van der Waals surface area contributed by atoms with Crippen LogP contribution in [0.5, 0.6) is 5.75 Å². The van der Waals surface area contributed by atoms with Gasteiger partial charge in [0.25, 0.3) is 0 Å². The highest BCUT2D eigenvalue weighted by Gasteiger charge is 2.23. The molecule has 5 heteroatoms. The van der Waals surface area contributed by atoms with Crippen molar-refractivity contribution in [2.75, 3.05) is 6.61 Å². The summed E-state index contributed by atoms with van der Waals surface area (Å²) in [7, 11) is 0. The Bertz CT molecular complexity index is 452. The second-order valence-corrected chi connectivity index (χ2v) is 4.46. The molecule has 0 heterocycles. The summed E-state index contributed by atoms with van der Waals surface area (Å²) in [5.41, 5.74) is -0.100. The normalized spacial score (nSPS) is 15.6. The summed E-state index contributed by atoms with van der Waals surface area (Å²) >= 11 is 0. The molecule has 2 rings (SSSR count). The van der Waals surface area contributed by atoms with Crippen molar-refractivity contribution >= 4 is 11.5 Å². The van der Waals surface area contributed by atoms with Crippen LogP contribution in [0.15, 0.2) is 24.3 Å². The molecule has 1 aliphatic carbocycles. The van der Waals surface area contributed by atoms with Crippen molar-refractivity contribution < 1.29 is 14.5 Å². The SMILES string of the molecule is O=C(COc1ccccc1[N+](=O)[O-])C1CCCC1. The fourth-order valence-electron chi connectivity index (χ4n) is 2.24. The van der Waals surface area contributed by atoms with Gasteiger partial charge in [-0.05, 0) is 18.9 Å². The predicted molar refractivity (Wildman–Crippen MR) is 65.6 cm³/mol. The molecule has 5 nitrogen and oxygen atoms in total. The number of carbonyl (C=O) groups excluding carboxylic acids is 1. The quantitative estimate of drug-likeness (QED) is 0.594. The number of Topliss-reactive ketones (excluding diaryl/α,β-unsaturated/α-hetero) is 1. The van der Waals surface area contributed by atoms with Gasteiger partial charge in [0.05, 0.1) is 4.92 Å². The Balaban J connectivity index is 1.97. The number of rotatable bonds is 5. The first-order valence-electron chi connectivity index (χ1n) is 6.07. The van der Waals surface area contributed by atoms with Crippen molar-refractivity contribution in [1.82, 2.24) is 0 Å². The van der Waals surface area contributed by atoms with E-state index in [2.05, 4.69) is 0 Å². The van der Waals surface area contributed by atoms with E-state index >= 15 is 0 Å². The molecular weight excluding hydrogens is 234 g/mol. The molecule has 1 aromatic carbocycles. The maximum Gasteiger partial charge on any atom is 0.310 e. The molecule has 1 aromatic rings. The lowest BCUT2D eigenvalue weighted by Crippen LogP contribution is -2.19. The lowest BCUT2D eigenvalue weighted by molar-refractivity contribution is -0.385. The lowest BCUT2D eigenvalue weighted by atomic mass is 10.0. The third kappa shape index (κ3) is 2.85. The van der Waals surface area contributed by atoms with Crippen LogP contribution < -0.4 is 4.74 Å². The van der Waals surface area contributed by atoms with Crippen LogP contribution in [0.3, 0.4) is 0 Å². The summed E-state index contributed by atoms with van der Waals surface area (Å²) in [4.78, 5) is 22.1. The molecule has 18 heavy (non-hydrogen) atoms. The van der Waals surface area contributed by atoms with Crippen LogP contribution in [0, 0.1) is 16.0 Å². The highest BCUT2D eigenvalue weighted by atomic mass is 16.6. The third-order valence-corrected chi connectivity index (χ3v) is 3.24. The van der Waals surface area contributed by atoms with Gasteiger partial charge in [0.15, 0.2) is 11.5 Å². The minimum atomic E-state index is -0.505. The van der Waals surface area contributed by atoms with Gasteiger partial charge < -0.3 is 4.74 Å². The van der Waals surface area contributed by atoms with Gasteiger partial charge >= 0.3 is 5.69 Å². The monoisotopic (exact) mass is 249 g/mol. The van der Waals surface area contributed by atoms with Crippen LogP contribution >= 0.6 is 0 Å². The van der Waals surface area contributed by atoms with Crippen molar-refractivity contribution in [2.45, 2.75) is 25.7 Å². The number of benzene rings is 1. The number of carbonyl (C=O) groups is 1. The average Bonchev–Trinajstić information content (AvgIpc) is 2.90. The van der Waals surface area contributed by atoms with E-state index in [0.717, 1.165) is 25.7 Å². The lowest BCUT2D eigenvalue weighted by Gasteiger charge is -2.09. The largest absolute Gasteiger partial charge is 0.479 e. The molecule has 0 spiro atoms. The molecule has 1 saturated carbocycles. The maximum atomic E-state index is 11.8. The van der Waals surface area contributed by atoms with E-state index in [4.69, 9.17) is 4.74 Å². The first-order valence-corrected chi connectivity index (χ1v) is 6.07. The Hall–Kier alpha value is -1.91. The van der Waals surface area contributed by atoms with Crippen molar-refractivity contribution in [3.8, 4) is 5.75 Å². The Morgan fingerprint density at radius 1 is 1.33 bits per heavy atom. The van der Waals surface area contributed by atoms with E-state index in [1.165, 1.54) is 12.1 Å². The Labute approximate surface area is 105 Å². The van der Waals surface area contributed by atoms with E-state index < -0.39 is 4.92 Å². The number of nitro benzene ring substituents is 1. The molecule has 0 aromatic heterocycles. The highest BCUT2D eigenvalue weighted by Crippen LogP contribution is 2.28. The Kier molecular flexibility index (Phi) is 3.92. The maximum absolute atomic E-state index is 11.8. The Morgan fingerprint density at radius 3 is 2.67 bits per heavy atom. The molecule has 0 unspecified atom stereocenters. The van der Waals surface area contributed by atoms with Crippen molar-refractivity contribution in [2.24, 2.45) is 5.92 Å². The van der Waals surface area contributed by atoms with Crippen LogP contribution in [-0.4, -0.2) is 17.3 Å². The van der Waals surface area contributed by atoms with E-state index in [1.54, 1.807) is 12.1 Å². The zero-order valence-corrected chi connectivity index (χ0v) is 10.0. The molecule has 96 valence electrons. The molecular formula is C13H15NO4. The van der Waals surface area contributed by atoms with Crippen molar-refractivity contribution in [1.29, 1.82) is 0 Å². The first kappa shape index (κ1) is 12.5. The number of hydrogen-bond donors (Lipinski definition) is 0. The second kappa shape index (κ2) is 5.62. The second-order valence-electron chi connectivity index (χ2n) is 4.46. The summed E-state index contributed by atoms with van der Waals surface area (Å²) < 4.78 is 5.28. The summed E-state index contributed by atoms with van der Waals surface area (Å²) in [6.45, 7) is -0.0739. The van der Waals surface area contributed by atoms with Crippen molar-refractivity contribution in [3.63, 3.8) is 0 Å². The van der Waals surface area contributed by atoms with E-state index in [1.807, 2.05) is 0 Å². The smallest absolute Gasteiger partial charge is 0.310 e. The van der Waals surface area contributed by atoms with Crippen LogP contribution in [0.25, 0.3) is 0 Å². The van der Waals surface area contributed by atoms with E-state index in [-0.39, 0.29) is 29.7 Å². The van der Waals surface area contributed by atoms with Gasteiger partial charge in [-0.25, -0.2) is 0 Å². The molecule has 0 bridgehead atoms. The number of ketones is 1. The molecule has 0 radical (unpaired) electrons. The zero-order chi connectivity index (χ0) is 13.0. The average molecular weight is 249 g/mol. The summed E-state index contributed by atoms with van der Waals surface area (Å²) in [6.07, 6.45) is 4.00. The number of hydrogen-bond acceptors (Lipinski definition) is 4. The van der Waals surface area contributed by atoms with Gasteiger partial charge in [0, 0.05) is 12.0 Å². The van der Waals surface area contributed by atoms with Gasteiger partial charge in [-0.2, -0.15) is 0 Å². The zero-order valence-electron chi connectivity index (χ0n) is 10.0. The minimum absolute atomic E-state index is 0.0469. The first-order chi connectivity index (χ1) is 8.68. The minimum Gasteiger partial charge on any atom is -0.479 e. The predicted octanol–water partition coefficient (Wildman–Crippen LogP) is 2.73. The number of nitro groups is 1. The standard InChI is InChI=1S/C13H15NO4/c15-12(10-5-1-2-6-10)9-18-13-8-4-3-7-11(13)14(16)17/h3-4,7-8,10H,1-2,5-6,9H2. The molecule has 0 aliphatic heterocycles. The number of para-hydroxylation sites is 2. The molecule has 0 saturated heterocycles. The topological polar surface area (TPSA) is 69.4 Å². The van der Waals surface area contributed by atoms with Crippen molar-refractivity contribution in [3.05, 3.63) is 34.4 Å². The van der Waals surface area contributed by atoms with Crippen LogP contribution in [-0.2, 0) is 4.79 Å². The fraction of sp³-hybridized carbons (Fsp3) is 0.462. The van der Waals surface area contributed by atoms with Gasteiger partial charge in [-0.3, -0.25) is 14.9 Å². The van der Waals surface area contributed by atoms with Gasteiger partial charge in [0.2, 0.25) is 0 Å². The van der Waals surface area contributed by atoms with Gasteiger partial charge in [-0.15, -0.1) is 0 Å². The Morgan fingerprint density at radius 2 is 2.00 bits per heavy atom. The van der Waals surface area contributed by atoms with Gasteiger partial charge in [0.1, 0.15) is 6.61 Å². The van der Waals surface area contributed by atoms with Crippen LogP contribution in [0.1, 0.15) is 25.7 Å². The fourth-order valence-corrected chi connectivity index (χ4v) is 2.24. The molecule has 0 N–H and O–H groups in total. The third-order valence-electron chi connectivity index (χ3n) is 3.24. The number of nitrogens with zero attached hydrogens (tertiary/aromatic N) is 1. The highest BCUT2D eigenvalue weighted by molar-refractivity contribution is 5.82. The molecule has 1 aliphatic rings. The number of ether oxygens (including phenoxy) is 1. The summed E-state index contributed by atoms with van der Waals surface area (Å²) in [5, 5.41) is 10.8. The summed E-state index contributed by atoms with van der Waals surface area (Å²) in [6, 6.07) is 6.11. The summed E-state index contributed by atoms with van der Waals surface area (Å²) in [5.74, 6) is 0.285. The molecule has 0 atom stereocenters. The van der Waals surface area contributed by atoms with E-state index in [0.29, 0.717) is 0 Å². The molecule has 1 fully saturated rings. The van der Waals surface area contributed by atoms with Crippen LogP contribution in [0.4, 0.5) is 5.69 Å².